The highest BCUT2D eigenvalue weighted by Crippen LogP contribution is 2.29. The fourth-order valence-corrected chi connectivity index (χ4v) is 2.05. The van der Waals surface area contributed by atoms with Gasteiger partial charge in [-0.3, -0.25) is 0 Å². The van der Waals surface area contributed by atoms with Gasteiger partial charge in [-0.2, -0.15) is 13.2 Å². The Hall–Kier alpha value is -2.60. The predicted molar refractivity (Wildman–Crippen MR) is 82.6 cm³/mol. The average Bonchev–Trinajstić information content (AvgIpc) is 2.57. The third-order valence-corrected chi connectivity index (χ3v) is 3.28. The molecule has 2 aromatic rings. The number of aliphatic hydroxyl groups is 1. The molecule has 6 heteroatoms. The summed E-state index contributed by atoms with van der Waals surface area (Å²) in [5, 5.41) is 9.19. The van der Waals surface area contributed by atoms with Crippen LogP contribution in [0.2, 0.25) is 0 Å². The molecule has 2 rings (SSSR count). The van der Waals surface area contributed by atoms with Crippen molar-refractivity contribution in [2.24, 2.45) is 0 Å². The number of carbonyl (C=O) groups is 1. The largest absolute Gasteiger partial charge is 0.457 e. The molecule has 0 atom stereocenters. The molecule has 0 aromatic heterocycles. The number of esters is 1. The summed E-state index contributed by atoms with van der Waals surface area (Å²) >= 11 is 0. The van der Waals surface area contributed by atoms with Crippen LogP contribution in [0.3, 0.4) is 0 Å². The van der Waals surface area contributed by atoms with Crippen LogP contribution in [0.4, 0.5) is 13.2 Å². The van der Waals surface area contributed by atoms with Crippen LogP contribution in [0.5, 0.6) is 0 Å². The minimum atomic E-state index is -4.83. The number of rotatable bonds is 5. The maximum absolute atomic E-state index is 13.1. The quantitative estimate of drug-likeness (QED) is 0.666. The Bertz CT molecular complexity index is 722. The van der Waals surface area contributed by atoms with Crippen molar-refractivity contribution < 1.29 is 27.8 Å². The predicted octanol–water partition coefficient (Wildman–Crippen LogP) is 3.87. The first-order valence-electron chi connectivity index (χ1n) is 7.10. The van der Waals surface area contributed by atoms with E-state index in [4.69, 9.17) is 4.74 Å². The number of alkyl halides is 3. The van der Waals surface area contributed by atoms with Crippen LogP contribution < -0.4 is 0 Å². The molecule has 0 heterocycles. The first-order valence-corrected chi connectivity index (χ1v) is 7.10. The smallest absolute Gasteiger partial charge is 0.423 e. The normalized spacial score (nSPS) is 12.1. The molecule has 2 aromatic carbocycles. The van der Waals surface area contributed by atoms with Crippen LogP contribution in [-0.2, 0) is 22.7 Å². The zero-order valence-corrected chi connectivity index (χ0v) is 12.6. The van der Waals surface area contributed by atoms with Crippen molar-refractivity contribution in [3.05, 3.63) is 76.9 Å². The molecular weight excluding hydrogens is 321 g/mol. The molecule has 0 aliphatic heterocycles. The molecule has 0 amide bonds. The highest BCUT2D eigenvalue weighted by atomic mass is 19.4. The molecule has 0 aliphatic carbocycles. The lowest BCUT2D eigenvalue weighted by atomic mass is 10.1. The fourth-order valence-electron chi connectivity index (χ4n) is 2.05. The first kappa shape index (κ1) is 17.7. The highest BCUT2D eigenvalue weighted by molar-refractivity contribution is 5.95. The summed E-state index contributed by atoms with van der Waals surface area (Å²) in [5.41, 5.74) is -0.187. The van der Waals surface area contributed by atoms with Gasteiger partial charge in [0.05, 0.1) is 6.61 Å². The highest BCUT2D eigenvalue weighted by Gasteiger charge is 2.39. The summed E-state index contributed by atoms with van der Waals surface area (Å²) in [4.78, 5) is 11.9. The van der Waals surface area contributed by atoms with E-state index in [1.54, 1.807) is 42.5 Å². The zero-order chi connectivity index (χ0) is 17.6. The van der Waals surface area contributed by atoms with Crippen molar-refractivity contribution in [1.82, 2.24) is 0 Å². The van der Waals surface area contributed by atoms with Crippen LogP contribution in [0.15, 0.2) is 60.2 Å². The molecule has 0 bridgehead atoms. The molecule has 0 saturated heterocycles. The van der Waals surface area contributed by atoms with Gasteiger partial charge < -0.3 is 9.84 Å². The van der Waals surface area contributed by atoms with E-state index in [0.29, 0.717) is 11.1 Å². The second kappa shape index (κ2) is 7.79. The number of carbonyl (C=O) groups excluding carboxylic acids is 1. The summed E-state index contributed by atoms with van der Waals surface area (Å²) in [6.07, 6.45) is -4.08. The van der Waals surface area contributed by atoms with E-state index >= 15 is 0 Å². The Morgan fingerprint density at radius 2 is 1.58 bits per heavy atom. The Labute approximate surface area is 137 Å². The van der Waals surface area contributed by atoms with Gasteiger partial charge in [0.25, 0.3) is 0 Å². The van der Waals surface area contributed by atoms with Gasteiger partial charge >= 0.3 is 12.1 Å². The topological polar surface area (TPSA) is 46.5 Å². The van der Waals surface area contributed by atoms with Crippen LogP contribution in [0.1, 0.15) is 16.7 Å². The van der Waals surface area contributed by atoms with Crippen LogP contribution in [-0.4, -0.2) is 17.3 Å². The third-order valence-electron chi connectivity index (χ3n) is 3.28. The first-order chi connectivity index (χ1) is 11.4. The standard InChI is InChI=1S/C18H15F3O3/c19-18(20,21)16(10-13-6-2-1-3-7-13)17(23)24-12-15-9-5-4-8-14(15)11-22/h1-10,22H,11-12H2. The van der Waals surface area contributed by atoms with Crippen LogP contribution in [0, 0.1) is 0 Å². The van der Waals surface area contributed by atoms with Crippen molar-refractivity contribution in [3.8, 4) is 0 Å². The lowest BCUT2D eigenvalue weighted by molar-refractivity contribution is -0.151. The zero-order valence-electron chi connectivity index (χ0n) is 12.6. The second-order valence-corrected chi connectivity index (χ2v) is 4.97. The maximum Gasteiger partial charge on any atom is 0.423 e. The van der Waals surface area contributed by atoms with Gasteiger partial charge in [-0.05, 0) is 22.8 Å². The molecule has 3 nitrogen and oxygen atoms in total. The molecule has 0 unspecified atom stereocenters. The summed E-state index contributed by atoms with van der Waals surface area (Å²) in [6.45, 7) is -0.641. The maximum atomic E-state index is 13.1. The minimum absolute atomic E-state index is 0.248. The van der Waals surface area contributed by atoms with Gasteiger partial charge in [0.2, 0.25) is 0 Å². The Morgan fingerprint density at radius 1 is 1.00 bits per heavy atom. The van der Waals surface area contributed by atoms with Gasteiger partial charge in [-0.25, -0.2) is 4.79 Å². The SMILES string of the molecule is O=C(OCc1ccccc1CO)C(=Cc1ccccc1)C(F)(F)F. The molecule has 0 saturated carbocycles. The number of hydrogen-bond donors (Lipinski definition) is 1. The summed E-state index contributed by atoms with van der Waals surface area (Å²) in [6, 6.07) is 14.2. The number of benzene rings is 2. The number of aliphatic hydroxyl groups excluding tert-OH is 1. The van der Waals surface area contributed by atoms with Crippen molar-refractivity contribution in [2.45, 2.75) is 19.4 Å². The molecule has 1 N–H and O–H groups in total. The van der Waals surface area contributed by atoms with Crippen molar-refractivity contribution in [2.75, 3.05) is 0 Å². The van der Waals surface area contributed by atoms with Crippen molar-refractivity contribution in [1.29, 1.82) is 0 Å². The van der Waals surface area contributed by atoms with Crippen LogP contribution >= 0.6 is 0 Å². The summed E-state index contributed by atoms with van der Waals surface area (Å²) in [5.74, 6) is -1.46. The summed E-state index contributed by atoms with van der Waals surface area (Å²) in [7, 11) is 0. The molecule has 126 valence electrons. The van der Waals surface area contributed by atoms with Crippen LogP contribution in [0.25, 0.3) is 6.08 Å². The van der Waals surface area contributed by atoms with Crippen molar-refractivity contribution >= 4 is 12.0 Å². The summed E-state index contributed by atoms with van der Waals surface area (Å²) < 4.78 is 44.1. The van der Waals surface area contributed by atoms with E-state index < -0.39 is 17.7 Å². The Morgan fingerprint density at radius 3 is 2.17 bits per heavy atom. The van der Waals surface area contributed by atoms with Gasteiger partial charge in [0, 0.05) is 0 Å². The lowest BCUT2D eigenvalue weighted by Crippen LogP contribution is -2.22. The van der Waals surface area contributed by atoms with E-state index in [0.717, 1.165) is 6.08 Å². The van der Waals surface area contributed by atoms with Gasteiger partial charge in [0.1, 0.15) is 12.2 Å². The number of halogens is 3. The van der Waals surface area contributed by atoms with E-state index in [2.05, 4.69) is 0 Å². The number of hydrogen-bond acceptors (Lipinski definition) is 3. The Balaban J connectivity index is 2.19. The van der Waals surface area contributed by atoms with E-state index in [1.165, 1.54) is 12.1 Å². The molecule has 0 fully saturated rings. The lowest BCUT2D eigenvalue weighted by Gasteiger charge is -2.13. The molecule has 0 radical (unpaired) electrons. The molecular formula is C18H15F3O3. The Kier molecular flexibility index (Phi) is 5.76. The van der Waals surface area contributed by atoms with E-state index in [1.807, 2.05) is 0 Å². The van der Waals surface area contributed by atoms with E-state index in [9.17, 15) is 23.1 Å². The van der Waals surface area contributed by atoms with Gasteiger partial charge in [-0.1, -0.05) is 54.6 Å². The van der Waals surface area contributed by atoms with E-state index in [-0.39, 0.29) is 18.8 Å². The van der Waals surface area contributed by atoms with Gasteiger partial charge in [-0.15, -0.1) is 0 Å². The minimum Gasteiger partial charge on any atom is -0.457 e. The number of ether oxygens (including phenoxy) is 1. The second-order valence-electron chi connectivity index (χ2n) is 4.97. The molecule has 24 heavy (non-hydrogen) atoms. The van der Waals surface area contributed by atoms with Crippen molar-refractivity contribution in [3.63, 3.8) is 0 Å². The molecule has 0 aliphatic rings. The monoisotopic (exact) mass is 336 g/mol. The van der Waals surface area contributed by atoms with Gasteiger partial charge in [0.15, 0.2) is 0 Å². The average molecular weight is 336 g/mol. The third kappa shape index (κ3) is 4.70. The fraction of sp³-hybridized carbons (Fsp3) is 0.167. The molecule has 0 spiro atoms.